The third-order valence-electron chi connectivity index (χ3n) is 1.62. The summed E-state index contributed by atoms with van der Waals surface area (Å²) < 4.78 is 5.00. The Hall–Kier alpha value is -1.53. The molecule has 0 unspecified atom stereocenters. The van der Waals surface area contributed by atoms with Crippen molar-refractivity contribution >= 4 is 0 Å². The lowest BCUT2D eigenvalue weighted by atomic mass is 10.1. The fraction of sp³-hybridized carbons (Fsp3) is 0.222. The standard InChI is InChI=1S/C9H10N2O/c1-12-9-4-7(5-10)2-3-8(9)6-11/h2-4H,5,10H2,1H3. The van der Waals surface area contributed by atoms with Gasteiger partial charge in [0.15, 0.2) is 0 Å². The Morgan fingerprint density at radius 3 is 2.83 bits per heavy atom. The Kier molecular flexibility index (Phi) is 2.67. The maximum absolute atomic E-state index is 8.65. The molecule has 12 heavy (non-hydrogen) atoms. The molecule has 0 aliphatic carbocycles. The molecule has 62 valence electrons. The van der Waals surface area contributed by atoms with E-state index in [0.717, 1.165) is 5.56 Å². The molecular formula is C9H10N2O. The van der Waals surface area contributed by atoms with Crippen molar-refractivity contribution in [3.63, 3.8) is 0 Å². The molecule has 0 aromatic heterocycles. The molecule has 0 bridgehead atoms. The summed E-state index contributed by atoms with van der Waals surface area (Å²) in [6.07, 6.45) is 0. The molecule has 0 radical (unpaired) electrons. The molecule has 0 aliphatic heterocycles. The average Bonchev–Trinajstić information content (AvgIpc) is 2.16. The Bertz CT molecular complexity index is 315. The molecule has 0 atom stereocenters. The maximum atomic E-state index is 8.65. The van der Waals surface area contributed by atoms with Crippen molar-refractivity contribution in [1.29, 1.82) is 5.26 Å². The molecule has 0 saturated carbocycles. The molecular weight excluding hydrogens is 152 g/mol. The molecule has 0 spiro atoms. The number of hydrogen-bond donors (Lipinski definition) is 1. The first-order valence-electron chi connectivity index (χ1n) is 3.59. The summed E-state index contributed by atoms with van der Waals surface area (Å²) in [5.74, 6) is 0.584. The monoisotopic (exact) mass is 162 g/mol. The summed E-state index contributed by atoms with van der Waals surface area (Å²) in [7, 11) is 1.54. The van der Waals surface area contributed by atoms with Crippen molar-refractivity contribution in [3.05, 3.63) is 29.3 Å². The SMILES string of the molecule is COc1cc(CN)ccc1C#N. The van der Waals surface area contributed by atoms with Crippen LogP contribution in [0.5, 0.6) is 5.75 Å². The van der Waals surface area contributed by atoms with Gasteiger partial charge in [0.05, 0.1) is 12.7 Å². The average molecular weight is 162 g/mol. The molecule has 0 aliphatic rings. The van der Waals surface area contributed by atoms with Gasteiger partial charge in [0.2, 0.25) is 0 Å². The number of ether oxygens (including phenoxy) is 1. The predicted molar refractivity (Wildman–Crippen MR) is 45.6 cm³/mol. The van der Waals surface area contributed by atoms with Gasteiger partial charge in [0.1, 0.15) is 11.8 Å². The van der Waals surface area contributed by atoms with Crippen LogP contribution in [0.1, 0.15) is 11.1 Å². The van der Waals surface area contributed by atoms with Crippen molar-refractivity contribution in [2.24, 2.45) is 5.73 Å². The number of nitrogens with zero attached hydrogens (tertiary/aromatic N) is 1. The van der Waals surface area contributed by atoms with Gasteiger partial charge in [0, 0.05) is 6.54 Å². The van der Waals surface area contributed by atoms with E-state index >= 15 is 0 Å². The second-order valence-corrected chi connectivity index (χ2v) is 2.35. The summed E-state index contributed by atoms with van der Waals surface area (Å²) in [5.41, 5.74) is 6.93. The van der Waals surface area contributed by atoms with Gasteiger partial charge in [0.25, 0.3) is 0 Å². The van der Waals surface area contributed by atoms with Crippen LogP contribution in [-0.4, -0.2) is 7.11 Å². The minimum Gasteiger partial charge on any atom is -0.495 e. The van der Waals surface area contributed by atoms with E-state index in [1.807, 2.05) is 12.1 Å². The number of hydrogen-bond acceptors (Lipinski definition) is 3. The van der Waals surface area contributed by atoms with Crippen molar-refractivity contribution < 1.29 is 4.74 Å². The van der Waals surface area contributed by atoms with Crippen LogP contribution in [0.4, 0.5) is 0 Å². The Balaban J connectivity index is 3.13. The molecule has 3 nitrogen and oxygen atoms in total. The predicted octanol–water partition coefficient (Wildman–Crippen LogP) is 1.03. The van der Waals surface area contributed by atoms with Gasteiger partial charge in [-0.05, 0) is 17.7 Å². The summed E-state index contributed by atoms with van der Waals surface area (Å²) in [6.45, 7) is 0.460. The lowest BCUT2D eigenvalue weighted by molar-refractivity contribution is 0.413. The van der Waals surface area contributed by atoms with E-state index in [1.165, 1.54) is 7.11 Å². The lowest BCUT2D eigenvalue weighted by Gasteiger charge is -2.03. The van der Waals surface area contributed by atoms with Crippen LogP contribution >= 0.6 is 0 Å². The van der Waals surface area contributed by atoms with Crippen LogP contribution in [0.2, 0.25) is 0 Å². The van der Waals surface area contributed by atoms with Gasteiger partial charge in [-0.1, -0.05) is 6.07 Å². The molecule has 0 fully saturated rings. The zero-order valence-electron chi connectivity index (χ0n) is 6.87. The van der Waals surface area contributed by atoms with E-state index in [4.69, 9.17) is 15.7 Å². The van der Waals surface area contributed by atoms with E-state index in [0.29, 0.717) is 17.9 Å². The molecule has 1 aromatic rings. The number of methoxy groups -OCH3 is 1. The van der Waals surface area contributed by atoms with Crippen molar-refractivity contribution in [2.75, 3.05) is 7.11 Å². The minimum absolute atomic E-state index is 0.460. The summed E-state index contributed by atoms with van der Waals surface area (Å²) in [5, 5.41) is 8.65. The molecule has 3 heteroatoms. The molecule has 2 N–H and O–H groups in total. The van der Waals surface area contributed by atoms with Gasteiger partial charge >= 0.3 is 0 Å². The Morgan fingerprint density at radius 2 is 2.33 bits per heavy atom. The number of nitrogens with two attached hydrogens (primary N) is 1. The van der Waals surface area contributed by atoms with E-state index in [9.17, 15) is 0 Å². The van der Waals surface area contributed by atoms with Crippen LogP contribution in [-0.2, 0) is 6.54 Å². The highest BCUT2D eigenvalue weighted by atomic mass is 16.5. The first kappa shape index (κ1) is 8.57. The van der Waals surface area contributed by atoms with E-state index in [2.05, 4.69) is 0 Å². The van der Waals surface area contributed by atoms with Crippen LogP contribution in [0.3, 0.4) is 0 Å². The third-order valence-corrected chi connectivity index (χ3v) is 1.62. The third kappa shape index (κ3) is 1.55. The van der Waals surface area contributed by atoms with Crippen LogP contribution in [0, 0.1) is 11.3 Å². The van der Waals surface area contributed by atoms with Gasteiger partial charge in [-0.2, -0.15) is 5.26 Å². The van der Waals surface area contributed by atoms with Gasteiger partial charge in [-0.15, -0.1) is 0 Å². The largest absolute Gasteiger partial charge is 0.495 e. The topological polar surface area (TPSA) is 59.0 Å². The summed E-state index contributed by atoms with van der Waals surface area (Å²) in [6, 6.07) is 7.34. The van der Waals surface area contributed by atoms with Gasteiger partial charge < -0.3 is 10.5 Å². The second-order valence-electron chi connectivity index (χ2n) is 2.35. The Morgan fingerprint density at radius 1 is 1.58 bits per heavy atom. The Labute approximate surface area is 71.4 Å². The van der Waals surface area contributed by atoms with Crippen LogP contribution in [0.25, 0.3) is 0 Å². The molecule has 0 heterocycles. The highest BCUT2D eigenvalue weighted by Crippen LogP contribution is 2.18. The van der Waals surface area contributed by atoms with Gasteiger partial charge in [-0.3, -0.25) is 0 Å². The first-order valence-corrected chi connectivity index (χ1v) is 3.59. The molecule has 1 rings (SSSR count). The normalized spacial score (nSPS) is 9.08. The number of nitriles is 1. The first-order chi connectivity index (χ1) is 5.81. The lowest BCUT2D eigenvalue weighted by Crippen LogP contribution is -1.97. The maximum Gasteiger partial charge on any atom is 0.136 e. The van der Waals surface area contributed by atoms with E-state index < -0.39 is 0 Å². The van der Waals surface area contributed by atoms with Crippen molar-refractivity contribution in [2.45, 2.75) is 6.54 Å². The van der Waals surface area contributed by atoms with Crippen molar-refractivity contribution in [1.82, 2.24) is 0 Å². The molecule has 1 aromatic carbocycles. The zero-order valence-corrected chi connectivity index (χ0v) is 6.87. The molecule has 0 amide bonds. The van der Waals surface area contributed by atoms with Gasteiger partial charge in [-0.25, -0.2) is 0 Å². The smallest absolute Gasteiger partial charge is 0.136 e. The van der Waals surface area contributed by atoms with E-state index in [1.54, 1.807) is 12.1 Å². The highest BCUT2D eigenvalue weighted by Gasteiger charge is 2.01. The second kappa shape index (κ2) is 3.74. The fourth-order valence-corrected chi connectivity index (χ4v) is 0.955. The highest BCUT2D eigenvalue weighted by molar-refractivity contribution is 5.45. The quantitative estimate of drug-likeness (QED) is 0.706. The summed E-state index contributed by atoms with van der Waals surface area (Å²) >= 11 is 0. The summed E-state index contributed by atoms with van der Waals surface area (Å²) in [4.78, 5) is 0. The zero-order chi connectivity index (χ0) is 8.97. The van der Waals surface area contributed by atoms with E-state index in [-0.39, 0.29) is 0 Å². The number of benzene rings is 1. The number of rotatable bonds is 2. The van der Waals surface area contributed by atoms with Crippen LogP contribution in [0.15, 0.2) is 18.2 Å². The molecule has 0 saturated heterocycles. The minimum atomic E-state index is 0.460. The fourth-order valence-electron chi connectivity index (χ4n) is 0.955. The van der Waals surface area contributed by atoms with Crippen LogP contribution < -0.4 is 10.5 Å². The van der Waals surface area contributed by atoms with Crippen molar-refractivity contribution in [3.8, 4) is 11.8 Å².